The Balaban J connectivity index is 1.72. The zero-order chi connectivity index (χ0) is 23.9. The van der Waals surface area contributed by atoms with Gasteiger partial charge in [-0.15, -0.1) is 11.6 Å². The van der Waals surface area contributed by atoms with E-state index in [2.05, 4.69) is 9.82 Å². The Labute approximate surface area is 194 Å². The molecular formula is C23H19ClF3N3O2S. The molecule has 172 valence electrons. The molecule has 33 heavy (non-hydrogen) atoms. The first kappa shape index (κ1) is 23.1. The molecule has 0 bridgehead atoms. The van der Waals surface area contributed by atoms with Crippen LogP contribution in [0.15, 0.2) is 78.9 Å². The van der Waals surface area contributed by atoms with Crippen LogP contribution in [0, 0.1) is 0 Å². The van der Waals surface area contributed by atoms with E-state index < -0.39 is 26.8 Å². The minimum absolute atomic E-state index is 0.153. The van der Waals surface area contributed by atoms with Gasteiger partial charge in [0.05, 0.1) is 17.6 Å². The second-order valence-electron chi connectivity index (χ2n) is 7.67. The van der Waals surface area contributed by atoms with Gasteiger partial charge >= 0.3 is 6.18 Å². The highest BCUT2D eigenvalue weighted by molar-refractivity contribution is 7.92. The highest BCUT2D eigenvalue weighted by atomic mass is 35.5. The van der Waals surface area contributed by atoms with Crippen LogP contribution >= 0.6 is 11.6 Å². The molecule has 0 saturated heterocycles. The van der Waals surface area contributed by atoms with Crippen LogP contribution in [0.1, 0.15) is 23.4 Å². The molecule has 0 fully saturated rings. The van der Waals surface area contributed by atoms with Gasteiger partial charge < -0.3 is 0 Å². The van der Waals surface area contributed by atoms with Crippen molar-refractivity contribution >= 4 is 32.9 Å². The molecule has 0 radical (unpaired) electrons. The summed E-state index contributed by atoms with van der Waals surface area (Å²) in [6.07, 6.45) is 1.94. The first-order valence-electron chi connectivity index (χ1n) is 9.84. The number of sulfonamides is 1. The summed E-state index contributed by atoms with van der Waals surface area (Å²) in [7, 11) is -3.49. The predicted molar refractivity (Wildman–Crippen MR) is 123 cm³/mol. The average Bonchev–Trinajstić information content (AvgIpc) is 3.21. The number of anilines is 1. The van der Waals surface area contributed by atoms with Crippen molar-refractivity contribution < 1.29 is 21.6 Å². The Morgan fingerprint density at radius 3 is 2.30 bits per heavy atom. The number of aromatic nitrogens is 2. The number of hydrogen-bond acceptors (Lipinski definition) is 3. The Hall–Kier alpha value is -3.04. The maximum atomic E-state index is 13.5. The molecule has 0 amide bonds. The molecule has 1 N–H and O–H groups in total. The van der Waals surface area contributed by atoms with Gasteiger partial charge in [0.15, 0.2) is 5.69 Å². The van der Waals surface area contributed by atoms with E-state index in [1.165, 1.54) is 24.3 Å². The van der Waals surface area contributed by atoms with Gasteiger partial charge in [0.25, 0.3) is 0 Å². The predicted octanol–water partition coefficient (Wildman–Crippen LogP) is 5.74. The molecule has 4 rings (SSSR count). The van der Waals surface area contributed by atoms with Crippen LogP contribution in [0.5, 0.6) is 0 Å². The van der Waals surface area contributed by atoms with E-state index in [0.29, 0.717) is 5.69 Å². The molecule has 0 saturated carbocycles. The quantitative estimate of drug-likeness (QED) is 0.461. The lowest BCUT2D eigenvalue weighted by molar-refractivity contribution is -0.141. The van der Waals surface area contributed by atoms with Crippen LogP contribution in [0.25, 0.3) is 11.3 Å². The molecule has 1 atom stereocenters. The SMILES string of the molecule is CS(=O)(=O)Nc1ccc(-n2nc(C(F)(F)F)cc2C2(Cl)C=CC(c3ccccc3)=CC2)cc1. The van der Waals surface area contributed by atoms with Crippen LogP contribution in [-0.4, -0.2) is 24.5 Å². The number of nitrogens with one attached hydrogen (secondary N) is 1. The molecular weight excluding hydrogens is 475 g/mol. The maximum Gasteiger partial charge on any atom is 0.435 e. The molecule has 1 unspecified atom stereocenters. The molecule has 1 aliphatic carbocycles. The summed E-state index contributed by atoms with van der Waals surface area (Å²) in [6, 6.07) is 16.4. The number of benzene rings is 2. The summed E-state index contributed by atoms with van der Waals surface area (Å²) in [5.41, 5.74) is 1.57. The van der Waals surface area contributed by atoms with Crippen LogP contribution in [0.4, 0.5) is 18.9 Å². The van der Waals surface area contributed by atoms with Gasteiger partial charge in [-0.2, -0.15) is 18.3 Å². The fourth-order valence-electron chi connectivity index (χ4n) is 3.55. The normalized spacial score (nSPS) is 18.8. The van der Waals surface area contributed by atoms with Crippen molar-refractivity contribution in [3.63, 3.8) is 0 Å². The fourth-order valence-corrected chi connectivity index (χ4v) is 4.39. The van der Waals surface area contributed by atoms with Crippen molar-refractivity contribution in [1.82, 2.24) is 9.78 Å². The molecule has 10 heteroatoms. The lowest BCUT2D eigenvalue weighted by atomic mass is 9.90. The van der Waals surface area contributed by atoms with Crippen molar-refractivity contribution in [2.45, 2.75) is 17.5 Å². The molecule has 1 aliphatic rings. The third-order valence-corrected chi connectivity index (χ3v) is 6.17. The number of rotatable bonds is 5. The maximum absolute atomic E-state index is 13.5. The summed E-state index contributed by atoms with van der Waals surface area (Å²) in [4.78, 5) is -1.25. The van der Waals surface area contributed by atoms with Crippen molar-refractivity contribution in [2.75, 3.05) is 11.0 Å². The Bertz CT molecular complexity index is 1330. The molecule has 2 aromatic carbocycles. The van der Waals surface area contributed by atoms with Gasteiger partial charge in [-0.1, -0.05) is 48.6 Å². The summed E-state index contributed by atoms with van der Waals surface area (Å²) in [5.74, 6) is 0. The third-order valence-electron chi connectivity index (χ3n) is 5.09. The topological polar surface area (TPSA) is 64.0 Å². The smallest absolute Gasteiger partial charge is 0.284 e. The van der Waals surface area contributed by atoms with E-state index >= 15 is 0 Å². The molecule has 0 spiro atoms. The van der Waals surface area contributed by atoms with Crippen LogP contribution in [0.2, 0.25) is 0 Å². The van der Waals surface area contributed by atoms with Gasteiger partial charge in [0, 0.05) is 5.69 Å². The van der Waals surface area contributed by atoms with E-state index in [1.807, 2.05) is 36.4 Å². The molecule has 1 aromatic heterocycles. The first-order valence-corrected chi connectivity index (χ1v) is 12.1. The van der Waals surface area contributed by atoms with Gasteiger partial charge in [0.1, 0.15) is 4.87 Å². The van der Waals surface area contributed by atoms with Gasteiger partial charge in [-0.25, -0.2) is 13.1 Å². The van der Waals surface area contributed by atoms with Crippen LogP contribution < -0.4 is 4.72 Å². The van der Waals surface area contributed by atoms with Crippen molar-refractivity contribution in [3.8, 4) is 5.69 Å². The summed E-state index contributed by atoms with van der Waals surface area (Å²) in [5, 5.41) is 3.77. The highest BCUT2D eigenvalue weighted by Crippen LogP contribution is 2.42. The minimum atomic E-state index is -4.66. The van der Waals surface area contributed by atoms with Gasteiger partial charge in [-0.3, -0.25) is 4.72 Å². The fraction of sp³-hybridized carbons (Fsp3) is 0.174. The number of halogens is 4. The molecule has 5 nitrogen and oxygen atoms in total. The van der Waals surface area contributed by atoms with Crippen molar-refractivity contribution in [1.29, 1.82) is 0 Å². The van der Waals surface area contributed by atoms with E-state index in [-0.39, 0.29) is 17.8 Å². The number of allylic oxidation sites excluding steroid dienone is 4. The zero-order valence-electron chi connectivity index (χ0n) is 17.3. The van der Waals surface area contributed by atoms with Crippen molar-refractivity contribution in [3.05, 3.63) is 95.8 Å². The Morgan fingerprint density at radius 2 is 1.76 bits per heavy atom. The largest absolute Gasteiger partial charge is 0.435 e. The van der Waals surface area contributed by atoms with E-state index in [0.717, 1.165) is 28.1 Å². The molecule has 1 heterocycles. The number of hydrogen-bond donors (Lipinski definition) is 1. The van der Waals surface area contributed by atoms with Crippen molar-refractivity contribution in [2.24, 2.45) is 0 Å². The molecule has 0 aliphatic heterocycles. The summed E-state index contributed by atoms with van der Waals surface area (Å²) < 4.78 is 66.8. The summed E-state index contributed by atoms with van der Waals surface area (Å²) in [6.45, 7) is 0. The third kappa shape index (κ3) is 5.15. The second kappa shape index (κ2) is 8.39. The number of nitrogens with zero attached hydrogens (tertiary/aromatic N) is 2. The zero-order valence-corrected chi connectivity index (χ0v) is 18.9. The minimum Gasteiger partial charge on any atom is -0.284 e. The lowest BCUT2D eigenvalue weighted by Gasteiger charge is -2.26. The van der Waals surface area contributed by atoms with Gasteiger partial charge in [-0.05, 0) is 47.9 Å². The van der Waals surface area contributed by atoms with E-state index in [1.54, 1.807) is 12.2 Å². The second-order valence-corrected chi connectivity index (χ2v) is 10.1. The summed E-state index contributed by atoms with van der Waals surface area (Å²) >= 11 is 6.84. The van der Waals surface area contributed by atoms with Gasteiger partial charge in [0.2, 0.25) is 10.0 Å². The molecule has 3 aromatic rings. The Morgan fingerprint density at radius 1 is 1.09 bits per heavy atom. The van der Waals surface area contributed by atoms with Crippen LogP contribution in [-0.2, 0) is 21.1 Å². The van der Waals surface area contributed by atoms with Crippen LogP contribution in [0.3, 0.4) is 0 Å². The van der Waals surface area contributed by atoms with E-state index in [9.17, 15) is 21.6 Å². The van der Waals surface area contributed by atoms with E-state index in [4.69, 9.17) is 11.6 Å². The first-order chi connectivity index (χ1) is 15.4. The highest BCUT2D eigenvalue weighted by Gasteiger charge is 2.40. The monoisotopic (exact) mass is 493 g/mol. The average molecular weight is 494 g/mol. The lowest BCUT2D eigenvalue weighted by Crippen LogP contribution is -2.21. The standard InChI is InChI=1S/C23H19ClF3N3O2S/c1-33(31,32)29-18-7-9-19(10-8-18)30-21(15-20(28-30)23(25,26)27)22(24)13-11-17(12-14-22)16-5-3-2-4-6-16/h2-13,15,29H,14H2,1H3. The Kier molecular flexibility index (Phi) is 5.88. The number of alkyl halides is 4.